The number of nitrogens with zero attached hydrogens (tertiary/aromatic N) is 1. The first-order valence-corrected chi connectivity index (χ1v) is 2.66. The molecule has 0 aliphatic carbocycles. The van der Waals surface area contributed by atoms with Gasteiger partial charge < -0.3 is 10.6 Å². The summed E-state index contributed by atoms with van der Waals surface area (Å²) in [6.07, 6.45) is 2.22. The summed E-state index contributed by atoms with van der Waals surface area (Å²) in [5, 5.41) is 15.5. The number of rotatable bonds is 1. The van der Waals surface area contributed by atoms with Gasteiger partial charge in [0.15, 0.2) is 0 Å². The van der Waals surface area contributed by atoms with E-state index in [9.17, 15) is 4.79 Å². The van der Waals surface area contributed by atoms with Crippen molar-refractivity contribution < 1.29 is 5.21 Å². The average Bonchev–Trinajstić information content (AvgIpc) is 1.95. The minimum Gasteiger partial charge on any atom is -0.425 e. The van der Waals surface area contributed by atoms with Crippen molar-refractivity contribution in [2.45, 2.75) is 0 Å². The molecule has 4 heteroatoms. The smallest absolute Gasteiger partial charge is 0.282 e. The van der Waals surface area contributed by atoms with Crippen molar-refractivity contribution in [2.24, 2.45) is 0 Å². The molecule has 0 saturated carbocycles. The fraction of sp³-hybridized carbons (Fsp3) is 0. The maximum Gasteiger partial charge on any atom is 0.282 e. The Labute approximate surface area is 56.8 Å². The zero-order valence-electron chi connectivity index (χ0n) is 5.11. The van der Waals surface area contributed by atoms with Crippen molar-refractivity contribution in [3.05, 3.63) is 34.2 Å². The zero-order chi connectivity index (χ0) is 7.56. The molecule has 1 aromatic rings. The minimum atomic E-state index is -0.495. The lowest BCUT2D eigenvalue weighted by Gasteiger charge is -1.93. The third-order valence-corrected chi connectivity index (χ3v) is 1.08. The SMILES string of the molecule is N=Cc1ccc(=O)n(O)c1. The predicted molar refractivity (Wildman–Crippen MR) is 35.8 cm³/mol. The van der Waals surface area contributed by atoms with Crippen LogP contribution < -0.4 is 5.56 Å². The Balaban J connectivity index is 3.29. The maximum atomic E-state index is 10.5. The molecule has 1 rings (SSSR count). The lowest BCUT2D eigenvalue weighted by atomic mass is 10.3. The molecule has 0 atom stereocenters. The second-order valence-corrected chi connectivity index (χ2v) is 1.79. The molecule has 0 unspecified atom stereocenters. The molecule has 0 fully saturated rings. The van der Waals surface area contributed by atoms with Crippen molar-refractivity contribution in [1.82, 2.24) is 4.73 Å². The Kier molecular flexibility index (Phi) is 1.53. The van der Waals surface area contributed by atoms with Crippen molar-refractivity contribution in [2.75, 3.05) is 0 Å². The Hall–Kier alpha value is -1.58. The van der Waals surface area contributed by atoms with Gasteiger partial charge in [0.25, 0.3) is 5.56 Å². The van der Waals surface area contributed by atoms with Gasteiger partial charge in [-0.1, -0.05) is 0 Å². The highest BCUT2D eigenvalue weighted by atomic mass is 16.5. The largest absolute Gasteiger partial charge is 0.425 e. The summed E-state index contributed by atoms with van der Waals surface area (Å²) < 4.78 is 0.445. The van der Waals surface area contributed by atoms with Crippen LogP contribution in [0.1, 0.15) is 5.56 Å². The Morgan fingerprint density at radius 3 is 2.80 bits per heavy atom. The van der Waals surface area contributed by atoms with Gasteiger partial charge in [-0.2, -0.15) is 4.73 Å². The average molecular weight is 138 g/mol. The van der Waals surface area contributed by atoms with E-state index in [2.05, 4.69) is 0 Å². The van der Waals surface area contributed by atoms with Gasteiger partial charge >= 0.3 is 0 Å². The van der Waals surface area contributed by atoms with Crippen molar-refractivity contribution >= 4 is 6.21 Å². The van der Waals surface area contributed by atoms with E-state index >= 15 is 0 Å². The molecule has 1 heterocycles. The van der Waals surface area contributed by atoms with E-state index in [-0.39, 0.29) is 0 Å². The van der Waals surface area contributed by atoms with Crippen LogP contribution >= 0.6 is 0 Å². The minimum absolute atomic E-state index is 0.445. The van der Waals surface area contributed by atoms with Crippen LogP contribution in [0.2, 0.25) is 0 Å². The summed E-state index contributed by atoms with van der Waals surface area (Å²) >= 11 is 0. The Morgan fingerprint density at radius 2 is 2.30 bits per heavy atom. The third-order valence-electron chi connectivity index (χ3n) is 1.08. The van der Waals surface area contributed by atoms with Gasteiger partial charge in [0.05, 0.1) is 6.20 Å². The summed E-state index contributed by atoms with van der Waals surface area (Å²) in [7, 11) is 0. The topological polar surface area (TPSA) is 66.1 Å². The fourth-order valence-electron chi connectivity index (χ4n) is 0.577. The van der Waals surface area contributed by atoms with Gasteiger partial charge in [-0.05, 0) is 6.07 Å². The maximum absolute atomic E-state index is 10.5. The molecule has 10 heavy (non-hydrogen) atoms. The molecule has 0 aliphatic heterocycles. The molecule has 0 amide bonds. The number of pyridine rings is 1. The van der Waals surface area contributed by atoms with Crippen molar-refractivity contribution in [3.8, 4) is 0 Å². The number of hydrogen-bond donors (Lipinski definition) is 2. The summed E-state index contributed by atoms with van der Waals surface area (Å²) in [6, 6.07) is 2.66. The van der Waals surface area contributed by atoms with E-state index in [0.29, 0.717) is 10.3 Å². The van der Waals surface area contributed by atoms with E-state index in [0.717, 1.165) is 6.21 Å². The van der Waals surface area contributed by atoms with Gasteiger partial charge in [-0.3, -0.25) is 4.79 Å². The van der Waals surface area contributed by atoms with Gasteiger partial charge in [0.2, 0.25) is 0 Å². The highest BCUT2D eigenvalue weighted by Crippen LogP contribution is 1.87. The molecule has 0 aromatic carbocycles. The van der Waals surface area contributed by atoms with E-state index in [1.54, 1.807) is 0 Å². The molecule has 0 saturated heterocycles. The molecule has 4 nitrogen and oxygen atoms in total. The Morgan fingerprint density at radius 1 is 1.60 bits per heavy atom. The second kappa shape index (κ2) is 2.34. The molecule has 0 bridgehead atoms. The number of aromatic nitrogens is 1. The van der Waals surface area contributed by atoms with Crippen molar-refractivity contribution in [1.29, 1.82) is 5.41 Å². The van der Waals surface area contributed by atoms with Crippen LogP contribution in [0.5, 0.6) is 0 Å². The fourth-order valence-corrected chi connectivity index (χ4v) is 0.577. The first-order chi connectivity index (χ1) is 4.74. The van der Waals surface area contributed by atoms with Crippen LogP contribution in [0.15, 0.2) is 23.1 Å². The second-order valence-electron chi connectivity index (χ2n) is 1.79. The van der Waals surface area contributed by atoms with Crippen LogP contribution in [0.25, 0.3) is 0 Å². The summed E-state index contributed by atoms with van der Waals surface area (Å²) in [6.45, 7) is 0. The van der Waals surface area contributed by atoms with E-state index in [1.165, 1.54) is 18.3 Å². The Bertz CT molecular complexity index is 303. The molecule has 0 aliphatic rings. The van der Waals surface area contributed by atoms with Crippen LogP contribution in [-0.4, -0.2) is 16.2 Å². The monoisotopic (exact) mass is 138 g/mol. The summed E-state index contributed by atoms with van der Waals surface area (Å²) in [4.78, 5) is 10.5. The lowest BCUT2D eigenvalue weighted by molar-refractivity contribution is 0.174. The van der Waals surface area contributed by atoms with Crippen LogP contribution in [0.3, 0.4) is 0 Å². The lowest BCUT2D eigenvalue weighted by Crippen LogP contribution is -2.15. The summed E-state index contributed by atoms with van der Waals surface area (Å²) in [5.74, 6) is 0. The standard InChI is InChI=1S/C6H6N2O2/c7-3-5-1-2-6(9)8(10)4-5/h1-4,7,10H. The third kappa shape index (κ3) is 1.05. The zero-order valence-corrected chi connectivity index (χ0v) is 5.11. The number of nitrogens with one attached hydrogen (secondary N) is 1. The van der Waals surface area contributed by atoms with Gasteiger partial charge in [0, 0.05) is 17.8 Å². The summed E-state index contributed by atoms with van der Waals surface area (Å²) in [5.41, 5.74) is -0.00676. The molecular weight excluding hydrogens is 132 g/mol. The van der Waals surface area contributed by atoms with E-state index in [1.807, 2.05) is 0 Å². The van der Waals surface area contributed by atoms with Gasteiger partial charge in [-0.25, -0.2) is 0 Å². The molecular formula is C6H6N2O2. The first kappa shape index (κ1) is 6.54. The molecule has 1 aromatic heterocycles. The number of hydrogen-bond acceptors (Lipinski definition) is 3. The quantitative estimate of drug-likeness (QED) is 0.426. The molecule has 52 valence electrons. The normalized spacial score (nSPS) is 9.20. The molecule has 0 spiro atoms. The predicted octanol–water partition coefficient (Wildman–Crippen LogP) is 0.0833. The first-order valence-electron chi connectivity index (χ1n) is 2.66. The van der Waals surface area contributed by atoms with Crippen molar-refractivity contribution in [3.63, 3.8) is 0 Å². The molecule has 2 N–H and O–H groups in total. The van der Waals surface area contributed by atoms with Gasteiger partial charge in [-0.15, -0.1) is 0 Å². The highest BCUT2D eigenvalue weighted by molar-refractivity contribution is 5.75. The van der Waals surface area contributed by atoms with Gasteiger partial charge in [0.1, 0.15) is 0 Å². The van der Waals surface area contributed by atoms with E-state index < -0.39 is 5.56 Å². The highest BCUT2D eigenvalue weighted by Gasteiger charge is 1.91. The molecule has 0 radical (unpaired) electrons. The van der Waals surface area contributed by atoms with Crippen LogP contribution in [0, 0.1) is 5.41 Å². The van der Waals surface area contributed by atoms with E-state index in [4.69, 9.17) is 10.6 Å². The van der Waals surface area contributed by atoms with Crippen LogP contribution in [-0.2, 0) is 0 Å². The van der Waals surface area contributed by atoms with Crippen LogP contribution in [0.4, 0.5) is 0 Å².